The van der Waals surface area contributed by atoms with Gasteiger partial charge in [-0.15, -0.1) is 11.8 Å². The maximum atomic E-state index is 13.2. The Morgan fingerprint density at radius 2 is 1.87 bits per heavy atom. The summed E-state index contributed by atoms with van der Waals surface area (Å²) in [5.41, 5.74) is 2.78. The fourth-order valence-electron chi connectivity index (χ4n) is 3.57. The maximum Gasteiger partial charge on any atom is 0.338 e. The fourth-order valence-corrected chi connectivity index (χ4v) is 5.00. The first-order valence-corrected chi connectivity index (χ1v) is 11.7. The van der Waals surface area contributed by atoms with E-state index in [2.05, 4.69) is 4.99 Å². The molecule has 30 heavy (non-hydrogen) atoms. The van der Waals surface area contributed by atoms with Crippen molar-refractivity contribution in [3.8, 4) is 0 Å². The Balaban J connectivity index is 1.70. The van der Waals surface area contributed by atoms with Gasteiger partial charge in [0, 0.05) is 4.90 Å². The van der Waals surface area contributed by atoms with E-state index in [1.807, 2.05) is 67.8 Å². The van der Waals surface area contributed by atoms with Crippen LogP contribution in [0.1, 0.15) is 31.0 Å². The molecule has 0 saturated carbocycles. The first-order chi connectivity index (χ1) is 14.5. The van der Waals surface area contributed by atoms with Crippen LogP contribution in [0.15, 0.2) is 75.8 Å². The van der Waals surface area contributed by atoms with E-state index >= 15 is 0 Å². The minimum Gasteiger partial charge on any atom is -0.457 e. The van der Waals surface area contributed by atoms with Crippen LogP contribution in [0.2, 0.25) is 0 Å². The summed E-state index contributed by atoms with van der Waals surface area (Å²) < 4.78 is 5.63. The van der Waals surface area contributed by atoms with Crippen LogP contribution in [-0.4, -0.2) is 33.4 Å². The highest BCUT2D eigenvalue weighted by Gasteiger charge is 2.46. The van der Waals surface area contributed by atoms with Crippen molar-refractivity contribution in [1.82, 2.24) is 4.90 Å². The van der Waals surface area contributed by atoms with Gasteiger partial charge in [0.2, 0.25) is 5.91 Å². The number of fused-ring (bicyclic) bond motifs is 1. The number of amidine groups is 1. The van der Waals surface area contributed by atoms with E-state index < -0.39 is 12.0 Å². The number of nitrogens with zero attached hydrogens (tertiary/aromatic N) is 2. The molecule has 0 aliphatic carbocycles. The van der Waals surface area contributed by atoms with Gasteiger partial charge in [-0.05, 0) is 43.4 Å². The molecule has 1 fully saturated rings. The lowest BCUT2D eigenvalue weighted by atomic mass is 9.94. The highest BCUT2D eigenvalue weighted by Crippen LogP contribution is 2.43. The summed E-state index contributed by atoms with van der Waals surface area (Å²) in [6.45, 7) is 3.84. The van der Waals surface area contributed by atoms with E-state index in [1.165, 1.54) is 11.8 Å². The average Bonchev–Trinajstić information content (AvgIpc) is 3.05. The monoisotopic (exact) mass is 438 g/mol. The van der Waals surface area contributed by atoms with Crippen molar-refractivity contribution in [3.63, 3.8) is 0 Å². The quantitative estimate of drug-likeness (QED) is 0.496. The molecule has 2 aromatic rings. The van der Waals surface area contributed by atoms with Crippen molar-refractivity contribution in [2.75, 3.05) is 6.26 Å². The summed E-state index contributed by atoms with van der Waals surface area (Å²) in [7, 11) is 0. The van der Waals surface area contributed by atoms with Gasteiger partial charge in [0.05, 0.1) is 22.6 Å². The molecule has 7 heteroatoms. The second kappa shape index (κ2) is 8.70. The van der Waals surface area contributed by atoms with Crippen LogP contribution in [0, 0.1) is 0 Å². The molecule has 0 aromatic heterocycles. The molecule has 2 atom stereocenters. The smallest absolute Gasteiger partial charge is 0.338 e. The van der Waals surface area contributed by atoms with Crippen molar-refractivity contribution in [2.45, 2.75) is 36.6 Å². The second-order valence-electron chi connectivity index (χ2n) is 7.10. The number of thioether (sulfide) groups is 2. The van der Waals surface area contributed by atoms with Gasteiger partial charge in [0.25, 0.3) is 0 Å². The summed E-state index contributed by atoms with van der Waals surface area (Å²) in [5.74, 6) is -0.492. The highest BCUT2D eigenvalue weighted by molar-refractivity contribution is 8.15. The van der Waals surface area contributed by atoms with Crippen molar-refractivity contribution in [3.05, 3.63) is 77.0 Å². The molecule has 0 bridgehead atoms. The van der Waals surface area contributed by atoms with Crippen LogP contribution in [0.5, 0.6) is 0 Å². The van der Waals surface area contributed by atoms with E-state index in [0.29, 0.717) is 16.4 Å². The van der Waals surface area contributed by atoms with Crippen LogP contribution >= 0.6 is 23.5 Å². The summed E-state index contributed by atoms with van der Waals surface area (Å²) in [6, 6.07) is 17.0. The first-order valence-electron chi connectivity index (χ1n) is 9.63. The van der Waals surface area contributed by atoms with Gasteiger partial charge in [-0.2, -0.15) is 0 Å². The SMILES string of the molecule is CSc1ccc([C@H]2C(C(=O)OCc3ccccc3)=C(C)N=C3S[C@H](C)C(=O)N32)cc1. The molecule has 154 valence electrons. The molecular formula is C23H22N2O3S2. The van der Waals surface area contributed by atoms with E-state index in [-0.39, 0.29) is 17.8 Å². The molecule has 0 radical (unpaired) electrons. The van der Waals surface area contributed by atoms with Gasteiger partial charge < -0.3 is 4.74 Å². The van der Waals surface area contributed by atoms with Crippen LogP contribution in [0.4, 0.5) is 0 Å². The second-order valence-corrected chi connectivity index (χ2v) is 9.29. The van der Waals surface area contributed by atoms with Crippen molar-refractivity contribution >= 4 is 40.6 Å². The Hall–Kier alpha value is -2.51. The number of rotatable bonds is 5. The largest absolute Gasteiger partial charge is 0.457 e. The molecule has 0 spiro atoms. The number of hydrogen-bond donors (Lipinski definition) is 0. The van der Waals surface area contributed by atoms with Gasteiger partial charge in [-0.25, -0.2) is 9.79 Å². The van der Waals surface area contributed by atoms with Crippen LogP contribution in [0.3, 0.4) is 0 Å². The normalized spacial score (nSPS) is 20.8. The molecule has 1 amide bonds. The zero-order valence-corrected chi connectivity index (χ0v) is 18.6. The lowest BCUT2D eigenvalue weighted by Crippen LogP contribution is -2.40. The Morgan fingerprint density at radius 3 is 2.53 bits per heavy atom. The highest BCUT2D eigenvalue weighted by atomic mass is 32.2. The van der Waals surface area contributed by atoms with Gasteiger partial charge in [-0.1, -0.05) is 54.2 Å². The van der Waals surface area contributed by atoms with Crippen LogP contribution in [-0.2, 0) is 20.9 Å². The van der Waals surface area contributed by atoms with Gasteiger partial charge >= 0.3 is 5.97 Å². The zero-order chi connectivity index (χ0) is 21.3. The Bertz CT molecular complexity index is 1030. The molecule has 4 rings (SSSR count). The van der Waals surface area contributed by atoms with Gasteiger partial charge in [0.15, 0.2) is 5.17 Å². The van der Waals surface area contributed by atoms with E-state index in [1.54, 1.807) is 23.6 Å². The zero-order valence-electron chi connectivity index (χ0n) is 17.0. The third-order valence-corrected chi connectivity index (χ3v) is 6.92. The third-order valence-electron chi connectivity index (χ3n) is 5.12. The molecule has 2 aliphatic rings. The van der Waals surface area contributed by atoms with Gasteiger partial charge in [0.1, 0.15) is 6.61 Å². The molecule has 0 N–H and O–H groups in total. The predicted octanol–water partition coefficient (Wildman–Crippen LogP) is 4.80. The lowest BCUT2D eigenvalue weighted by Gasteiger charge is -2.33. The predicted molar refractivity (Wildman–Crippen MR) is 121 cm³/mol. The fraction of sp³-hybridized carbons (Fsp3) is 0.261. The number of aliphatic imine (C=N–C) groups is 1. The minimum absolute atomic E-state index is 0.0430. The average molecular weight is 439 g/mol. The molecule has 1 saturated heterocycles. The first kappa shape index (κ1) is 20.8. The molecule has 2 aliphatic heterocycles. The number of allylic oxidation sites excluding steroid dienone is 1. The van der Waals surface area contributed by atoms with Crippen LogP contribution in [0.25, 0.3) is 0 Å². The summed E-state index contributed by atoms with van der Waals surface area (Å²) in [4.78, 5) is 33.5. The minimum atomic E-state index is -0.540. The van der Waals surface area contributed by atoms with E-state index in [4.69, 9.17) is 4.74 Å². The summed E-state index contributed by atoms with van der Waals surface area (Å²) >= 11 is 3.07. The van der Waals surface area contributed by atoms with Crippen molar-refractivity contribution in [1.29, 1.82) is 0 Å². The Kier molecular flexibility index (Phi) is 6.01. The molecular weight excluding hydrogens is 416 g/mol. The molecule has 5 nitrogen and oxygen atoms in total. The lowest BCUT2D eigenvalue weighted by molar-refractivity contribution is -0.141. The van der Waals surface area contributed by atoms with E-state index in [0.717, 1.165) is 16.0 Å². The molecule has 0 unspecified atom stereocenters. The standard InChI is InChI=1S/C23H22N2O3S2/c1-14-19(22(27)28-13-16-7-5-4-6-8-16)20(17-9-11-18(29-3)12-10-17)25-21(26)15(2)30-23(25)24-14/h4-12,15,20H,13H2,1-3H3/t15-,20+/m1/s1. The molecule has 2 aromatic carbocycles. The van der Waals surface area contributed by atoms with E-state index in [9.17, 15) is 9.59 Å². The number of ether oxygens (including phenoxy) is 1. The number of carbonyl (C=O) groups is 2. The number of carbonyl (C=O) groups excluding carboxylic acids is 2. The summed E-state index contributed by atoms with van der Waals surface area (Å²) in [5, 5.41) is 0.410. The maximum absolute atomic E-state index is 13.2. The van der Waals surface area contributed by atoms with Crippen molar-refractivity contribution in [2.24, 2.45) is 4.99 Å². The number of esters is 1. The Labute approximate surface area is 184 Å². The number of amides is 1. The number of benzene rings is 2. The topological polar surface area (TPSA) is 59.0 Å². The Morgan fingerprint density at radius 1 is 1.17 bits per heavy atom. The number of hydrogen-bond acceptors (Lipinski definition) is 6. The van der Waals surface area contributed by atoms with Gasteiger partial charge in [-0.3, -0.25) is 9.69 Å². The third kappa shape index (κ3) is 3.91. The van der Waals surface area contributed by atoms with Crippen LogP contribution < -0.4 is 0 Å². The summed E-state index contributed by atoms with van der Waals surface area (Å²) in [6.07, 6.45) is 2.01. The van der Waals surface area contributed by atoms with Crippen molar-refractivity contribution < 1.29 is 14.3 Å². The molecule has 2 heterocycles.